The van der Waals surface area contributed by atoms with E-state index in [-0.39, 0.29) is 22.8 Å². The molecule has 0 aromatic heterocycles. The van der Waals surface area contributed by atoms with Gasteiger partial charge in [-0.2, -0.15) is 0 Å². The van der Waals surface area contributed by atoms with E-state index < -0.39 is 11.2 Å². The Bertz CT molecular complexity index is 826. The Hall–Kier alpha value is -1.98. The molecule has 0 bridgehead atoms. The van der Waals surface area contributed by atoms with Gasteiger partial charge in [-0.15, -0.1) is 0 Å². The van der Waals surface area contributed by atoms with E-state index in [9.17, 15) is 13.6 Å². The average Bonchev–Trinajstić information content (AvgIpc) is 3.07. The van der Waals surface area contributed by atoms with E-state index >= 15 is 0 Å². The summed E-state index contributed by atoms with van der Waals surface area (Å²) in [6.07, 6.45) is 0.537. The number of anilines is 1. The normalized spacial score (nSPS) is 25.7. The van der Waals surface area contributed by atoms with Crippen LogP contribution in [0.3, 0.4) is 0 Å². The second-order valence-corrected chi connectivity index (χ2v) is 6.33. The van der Waals surface area contributed by atoms with Crippen LogP contribution in [0.5, 0.6) is 0 Å². The van der Waals surface area contributed by atoms with Crippen molar-refractivity contribution in [2.45, 2.75) is 17.9 Å². The Morgan fingerprint density at radius 2 is 2.00 bits per heavy atom. The van der Waals surface area contributed by atoms with Crippen LogP contribution < -0.4 is 10.6 Å². The molecule has 2 atom stereocenters. The maximum absolute atomic E-state index is 13.7. The van der Waals surface area contributed by atoms with Crippen LogP contribution >= 0.6 is 11.6 Å². The van der Waals surface area contributed by atoms with E-state index in [1.165, 1.54) is 24.3 Å². The molecule has 6 heteroatoms. The highest BCUT2D eigenvalue weighted by atomic mass is 35.5. The van der Waals surface area contributed by atoms with Crippen molar-refractivity contribution in [1.29, 1.82) is 0 Å². The Kier molecular flexibility index (Phi) is 3.18. The van der Waals surface area contributed by atoms with Gasteiger partial charge in [-0.25, -0.2) is 8.78 Å². The lowest BCUT2D eigenvalue weighted by atomic mass is 9.73. The molecular formula is C17H13ClF2N2O. The molecule has 4 rings (SSSR count). The second kappa shape index (κ2) is 5.01. The molecule has 2 heterocycles. The number of fused-ring (bicyclic) bond motifs is 2. The monoisotopic (exact) mass is 334 g/mol. The Balaban J connectivity index is 1.88. The van der Waals surface area contributed by atoms with Gasteiger partial charge in [0.2, 0.25) is 5.91 Å². The fourth-order valence-electron chi connectivity index (χ4n) is 3.71. The van der Waals surface area contributed by atoms with Gasteiger partial charge in [0.05, 0.1) is 16.5 Å². The van der Waals surface area contributed by atoms with Gasteiger partial charge in [0.1, 0.15) is 11.6 Å². The third-order valence-electron chi connectivity index (χ3n) is 4.75. The zero-order valence-corrected chi connectivity index (χ0v) is 12.8. The zero-order chi connectivity index (χ0) is 16.2. The van der Waals surface area contributed by atoms with E-state index in [0.717, 1.165) is 0 Å². The van der Waals surface area contributed by atoms with Crippen LogP contribution in [0.4, 0.5) is 14.5 Å². The minimum atomic E-state index is -0.904. The van der Waals surface area contributed by atoms with E-state index in [2.05, 4.69) is 10.6 Å². The molecule has 1 amide bonds. The van der Waals surface area contributed by atoms with Crippen molar-refractivity contribution < 1.29 is 13.6 Å². The standard InChI is InChI=1S/C17H13ClF2N2O/c18-12-7-9(1-3-13(12)20)15-17(5-6-21-15)11-8-10(19)2-4-14(11)22-16(17)23/h1-4,7-8,15,21H,5-6H2,(H,22,23). The van der Waals surface area contributed by atoms with Gasteiger partial charge < -0.3 is 10.6 Å². The fourth-order valence-corrected chi connectivity index (χ4v) is 3.90. The van der Waals surface area contributed by atoms with Crippen molar-refractivity contribution in [3.05, 3.63) is 64.2 Å². The summed E-state index contributed by atoms with van der Waals surface area (Å²) >= 11 is 5.89. The molecule has 118 valence electrons. The number of rotatable bonds is 1. The summed E-state index contributed by atoms with van der Waals surface area (Å²) in [5.41, 5.74) is 1.07. The predicted molar refractivity (Wildman–Crippen MR) is 83.5 cm³/mol. The number of nitrogens with one attached hydrogen (secondary N) is 2. The maximum Gasteiger partial charge on any atom is 0.237 e. The van der Waals surface area contributed by atoms with Gasteiger partial charge in [0.25, 0.3) is 0 Å². The van der Waals surface area contributed by atoms with E-state index in [1.807, 2.05) is 0 Å². The Labute approximate surface area is 136 Å². The number of carbonyl (C=O) groups excluding carboxylic acids is 1. The summed E-state index contributed by atoms with van der Waals surface area (Å²) in [4.78, 5) is 12.7. The van der Waals surface area contributed by atoms with Crippen LogP contribution in [0.2, 0.25) is 5.02 Å². The average molecular weight is 335 g/mol. The van der Waals surface area contributed by atoms with Gasteiger partial charge in [-0.3, -0.25) is 4.79 Å². The first kappa shape index (κ1) is 14.6. The first-order chi connectivity index (χ1) is 11.0. The molecule has 0 aliphatic carbocycles. The molecule has 2 aromatic carbocycles. The first-order valence-corrected chi connectivity index (χ1v) is 7.70. The van der Waals surface area contributed by atoms with Crippen LogP contribution in [0.15, 0.2) is 36.4 Å². The van der Waals surface area contributed by atoms with E-state index in [1.54, 1.807) is 12.1 Å². The molecule has 2 N–H and O–H groups in total. The minimum absolute atomic E-state index is 0.00391. The SMILES string of the molecule is O=C1Nc2ccc(F)cc2C12CCNC2c1ccc(F)c(Cl)c1. The molecule has 2 aliphatic rings. The summed E-state index contributed by atoms with van der Waals surface area (Å²) < 4.78 is 27.2. The quantitative estimate of drug-likeness (QED) is 0.837. The van der Waals surface area contributed by atoms with Gasteiger partial charge in [0, 0.05) is 5.69 Å². The number of carbonyl (C=O) groups is 1. The van der Waals surface area contributed by atoms with Crippen molar-refractivity contribution in [3.8, 4) is 0 Å². The highest BCUT2D eigenvalue weighted by Crippen LogP contribution is 2.51. The van der Waals surface area contributed by atoms with E-state index in [4.69, 9.17) is 11.6 Å². The van der Waals surface area contributed by atoms with Crippen LogP contribution in [0, 0.1) is 11.6 Å². The number of hydrogen-bond donors (Lipinski definition) is 2. The second-order valence-electron chi connectivity index (χ2n) is 5.93. The van der Waals surface area contributed by atoms with Crippen LogP contribution in [-0.4, -0.2) is 12.5 Å². The van der Waals surface area contributed by atoms with Crippen LogP contribution in [0.25, 0.3) is 0 Å². The van der Waals surface area contributed by atoms with Crippen molar-refractivity contribution >= 4 is 23.2 Å². The minimum Gasteiger partial charge on any atom is -0.325 e. The molecular weight excluding hydrogens is 322 g/mol. The molecule has 1 spiro atoms. The molecule has 3 nitrogen and oxygen atoms in total. The Morgan fingerprint density at radius 3 is 2.78 bits per heavy atom. The molecule has 1 fully saturated rings. The summed E-state index contributed by atoms with van der Waals surface area (Å²) in [7, 11) is 0. The van der Waals surface area contributed by atoms with Crippen molar-refractivity contribution in [1.82, 2.24) is 5.32 Å². The van der Waals surface area contributed by atoms with Crippen molar-refractivity contribution in [3.63, 3.8) is 0 Å². The van der Waals surface area contributed by atoms with Crippen LogP contribution in [0.1, 0.15) is 23.6 Å². The molecule has 0 saturated carbocycles. The highest BCUT2D eigenvalue weighted by molar-refractivity contribution is 6.30. The lowest BCUT2D eigenvalue weighted by molar-refractivity contribution is -0.121. The van der Waals surface area contributed by atoms with Gasteiger partial charge in [-0.05, 0) is 54.4 Å². The summed E-state index contributed by atoms with van der Waals surface area (Å²) in [6.45, 7) is 0.600. The summed E-state index contributed by atoms with van der Waals surface area (Å²) in [5, 5.41) is 6.11. The topological polar surface area (TPSA) is 41.1 Å². The van der Waals surface area contributed by atoms with Crippen LogP contribution in [-0.2, 0) is 10.2 Å². The molecule has 2 aliphatic heterocycles. The lowest BCUT2D eigenvalue weighted by Gasteiger charge is -2.29. The van der Waals surface area contributed by atoms with Crippen molar-refractivity contribution in [2.24, 2.45) is 0 Å². The van der Waals surface area contributed by atoms with Gasteiger partial charge in [0.15, 0.2) is 0 Å². The van der Waals surface area contributed by atoms with Crippen molar-refractivity contribution in [2.75, 3.05) is 11.9 Å². The zero-order valence-electron chi connectivity index (χ0n) is 12.0. The highest BCUT2D eigenvalue weighted by Gasteiger charge is 2.55. The number of hydrogen-bond acceptors (Lipinski definition) is 2. The van der Waals surface area contributed by atoms with Gasteiger partial charge in [-0.1, -0.05) is 17.7 Å². The fraction of sp³-hybridized carbons (Fsp3) is 0.235. The largest absolute Gasteiger partial charge is 0.325 e. The van der Waals surface area contributed by atoms with E-state index in [0.29, 0.717) is 29.8 Å². The molecule has 2 unspecified atom stereocenters. The lowest BCUT2D eigenvalue weighted by Crippen LogP contribution is -2.39. The summed E-state index contributed by atoms with van der Waals surface area (Å²) in [5.74, 6) is -1.07. The Morgan fingerprint density at radius 1 is 1.17 bits per heavy atom. The maximum atomic E-state index is 13.7. The summed E-state index contributed by atoms with van der Waals surface area (Å²) in [6, 6.07) is 8.32. The predicted octanol–water partition coefficient (Wildman–Crippen LogP) is 3.54. The first-order valence-electron chi connectivity index (χ1n) is 7.32. The third-order valence-corrected chi connectivity index (χ3v) is 5.04. The number of amides is 1. The molecule has 23 heavy (non-hydrogen) atoms. The molecule has 1 saturated heterocycles. The van der Waals surface area contributed by atoms with Gasteiger partial charge >= 0.3 is 0 Å². The number of benzene rings is 2. The third kappa shape index (κ3) is 2.00. The molecule has 0 radical (unpaired) electrons. The smallest absolute Gasteiger partial charge is 0.237 e. The molecule has 2 aromatic rings. The number of halogens is 3.